The molecule has 1 aliphatic heterocycles. The Balaban J connectivity index is 2.67. The summed E-state index contributed by atoms with van der Waals surface area (Å²) in [6, 6.07) is 2.34. The summed E-state index contributed by atoms with van der Waals surface area (Å²) in [4.78, 5) is 14.1. The summed E-state index contributed by atoms with van der Waals surface area (Å²) in [7, 11) is 1.57. The number of hydrogen-bond donors (Lipinski definition) is 0. The predicted molar refractivity (Wildman–Crippen MR) is 65.2 cm³/mol. The molecule has 1 heterocycles. The number of rotatable bonds is 3. The largest absolute Gasteiger partial charge is 0.369 e. The molecule has 0 aromatic rings. The highest BCUT2D eigenvalue weighted by atomic mass is 16.5. The van der Waals surface area contributed by atoms with E-state index in [1.807, 2.05) is 25.7 Å². The van der Waals surface area contributed by atoms with Crippen molar-refractivity contribution in [2.24, 2.45) is 5.41 Å². The molecule has 4 heteroatoms. The number of carbonyl (C=O) groups excluding carboxylic acids is 1. The van der Waals surface area contributed by atoms with Crippen molar-refractivity contribution < 1.29 is 9.53 Å². The standard InChI is InChI=1S/C13H22N2O2/c1-5-13(3,17-4)11(16)15-8-6-12(2,10-14)7-9-15/h5-9H2,1-4H3. The molecule has 0 aliphatic carbocycles. The smallest absolute Gasteiger partial charge is 0.254 e. The maximum absolute atomic E-state index is 12.3. The summed E-state index contributed by atoms with van der Waals surface area (Å²) in [5.74, 6) is 0.0440. The molecule has 4 nitrogen and oxygen atoms in total. The van der Waals surface area contributed by atoms with Crippen LogP contribution < -0.4 is 0 Å². The van der Waals surface area contributed by atoms with Crippen LogP contribution in [0.2, 0.25) is 0 Å². The van der Waals surface area contributed by atoms with Gasteiger partial charge in [0.1, 0.15) is 5.60 Å². The van der Waals surface area contributed by atoms with Crippen LogP contribution in [0.15, 0.2) is 0 Å². The van der Waals surface area contributed by atoms with Crippen LogP contribution in [0.25, 0.3) is 0 Å². The predicted octanol–water partition coefficient (Wildman–Crippen LogP) is 1.95. The quantitative estimate of drug-likeness (QED) is 0.755. The maximum atomic E-state index is 12.3. The van der Waals surface area contributed by atoms with Gasteiger partial charge in [0.15, 0.2) is 0 Å². The molecule has 0 spiro atoms. The third kappa shape index (κ3) is 2.78. The topological polar surface area (TPSA) is 53.3 Å². The van der Waals surface area contributed by atoms with Gasteiger partial charge in [-0.1, -0.05) is 6.92 Å². The van der Waals surface area contributed by atoms with Gasteiger partial charge in [0.25, 0.3) is 5.91 Å². The van der Waals surface area contributed by atoms with Crippen molar-refractivity contribution in [3.8, 4) is 6.07 Å². The zero-order valence-corrected chi connectivity index (χ0v) is 11.2. The Morgan fingerprint density at radius 3 is 2.41 bits per heavy atom. The van der Waals surface area contributed by atoms with E-state index in [0.717, 1.165) is 12.8 Å². The van der Waals surface area contributed by atoms with Crippen molar-refractivity contribution in [1.29, 1.82) is 5.26 Å². The van der Waals surface area contributed by atoms with E-state index < -0.39 is 5.60 Å². The van der Waals surface area contributed by atoms with Gasteiger partial charge in [-0.2, -0.15) is 5.26 Å². The summed E-state index contributed by atoms with van der Waals surface area (Å²) < 4.78 is 5.32. The average molecular weight is 238 g/mol. The summed E-state index contributed by atoms with van der Waals surface area (Å²) in [5.41, 5.74) is -0.993. The molecular formula is C13H22N2O2. The number of piperidine rings is 1. The molecular weight excluding hydrogens is 216 g/mol. The SMILES string of the molecule is CCC(C)(OC)C(=O)N1CCC(C)(C#N)CC1. The fourth-order valence-corrected chi connectivity index (χ4v) is 2.03. The molecule has 0 aromatic carbocycles. The van der Waals surface area contributed by atoms with Gasteiger partial charge in [0.2, 0.25) is 0 Å². The van der Waals surface area contributed by atoms with E-state index in [2.05, 4.69) is 6.07 Å². The number of hydrogen-bond acceptors (Lipinski definition) is 3. The molecule has 0 aromatic heterocycles. The second-order valence-electron chi connectivity index (χ2n) is 5.25. The second kappa shape index (κ2) is 5.05. The first-order valence-corrected chi connectivity index (χ1v) is 6.16. The highest BCUT2D eigenvalue weighted by molar-refractivity contribution is 5.84. The van der Waals surface area contributed by atoms with Crippen LogP contribution in [0.5, 0.6) is 0 Å². The molecule has 1 rings (SSSR count). The van der Waals surface area contributed by atoms with Crippen LogP contribution >= 0.6 is 0 Å². The van der Waals surface area contributed by atoms with Crippen molar-refractivity contribution in [3.63, 3.8) is 0 Å². The molecule has 0 bridgehead atoms. The lowest BCUT2D eigenvalue weighted by atomic mass is 9.81. The first-order valence-electron chi connectivity index (χ1n) is 6.16. The summed E-state index contributed by atoms with van der Waals surface area (Å²) in [6.07, 6.45) is 2.16. The first-order chi connectivity index (χ1) is 7.90. The molecule has 1 fully saturated rings. The Morgan fingerprint density at radius 1 is 1.53 bits per heavy atom. The third-order valence-corrected chi connectivity index (χ3v) is 4.00. The minimum atomic E-state index is -0.722. The fourth-order valence-electron chi connectivity index (χ4n) is 2.03. The van der Waals surface area contributed by atoms with Crippen LogP contribution in [0.4, 0.5) is 0 Å². The Kier molecular flexibility index (Phi) is 4.16. The number of methoxy groups -OCH3 is 1. The van der Waals surface area contributed by atoms with Crippen molar-refractivity contribution >= 4 is 5.91 Å². The van der Waals surface area contributed by atoms with Crippen molar-refractivity contribution in [2.75, 3.05) is 20.2 Å². The molecule has 17 heavy (non-hydrogen) atoms. The van der Waals surface area contributed by atoms with Crippen LogP contribution in [0.3, 0.4) is 0 Å². The van der Waals surface area contributed by atoms with E-state index in [0.29, 0.717) is 19.5 Å². The van der Waals surface area contributed by atoms with Gasteiger partial charge >= 0.3 is 0 Å². The lowest BCUT2D eigenvalue weighted by Crippen LogP contribution is -2.51. The number of amides is 1. The normalized spacial score (nSPS) is 22.6. The molecule has 0 radical (unpaired) electrons. The minimum Gasteiger partial charge on any atom is -0.369 e. The van der Waals surface area contributed by atoms with Gasteiger partial charge in [0.05, 0.1) is 11.5 Å². The molecule has 1 atom stereocenters. The van der Waals surface area contributed by atoms with Gasteiger partial charge in [-0.05, 0) is 33.1 Å². The van der Waals surface area contributed by atoms with Crippen molar-refractivity contribution in [1.82, 2.24) is 4.90 Å². The van der Waals surface area contributed by atoms with E-state index in [1.54, 1.807) is 7.11 Å². The minimum absolute atomic E-state index is 0.0440. The Bertz CT molecular complexity index is 321. The number of nitriles is 1. The highest BCUT2D eigenvalue weighted by Gasteiger charge is 2.39. The van der Waals surface area contributed by atoms with E-state index in [1.165, 1.54) is 0 Å². The molecule has 96 valence electrons. The number of carbonyl (C=O) groups is 1. The molecule has 0 saturated carbocycles. The monoisotopic (exact) mass is 238 g/mol. The van der Waals surface area contributed by atoms with Gasteiger partial charge < -0.3 is 9.64 Å². The second-order valence-corrected chi connectivity index (χ2v) is 5.25. The summed E-state index contributed by atoms with van der Waals surface area (Å²) in [5, 5.41) is 9.05. The summed E-state index contributed by atoms with van der Waals surface area (Å²) in [6.45, 7) is 7.05. The zero-order valence-electron chi connectivity index (χ0n) is 11.2. The first kappa shape index (κ1) is 14.0. The third-order valence-electron chi connectivity index (χ3n) is 4.00. The van der Waals surface area contributed by atoms with Crippen LogP contribution in [0.1, 0.15) is 40.0 Å². The Morgan fingerprint density at radius 2 is 2.06 bits per heavy atom. The number of nitrogens with zero attached hydrogens (tertiary/aromatic N) is 2. The zero-order chi connectivity index (χ0) is 13.1. The molecule has 1 aliphatic rings. The van der Waals surface area contributed by atoms with Crippen molar-refractivity contribution in [3.05, 3.63) is 0 Å². The Labute approximate surface area is 104 Å². The lowest BCUT2D eigenvalue weighted by molar-refractivity contribution is -0.155. The van der Waals surface area contributed by atoms with Crippen molar-refractivity contribution in [2.45, 2.75) is 45.6 Å². The molecule has 0 N–H and O–H groups in total. The van der Waals surface area contributed by atoms with E-state index in [-0.39, 0.29) is 11.3 Å². The molecule has 1 amide bonds. The molecule has 1 saturated heterocycles. The fraction of sp³-hybridized carbons (Fsp3) is 0.846. The number of ether oxygens (including phenoxy) is 1. The average Bonchev–Trinajstić information content (AvgIpc) is 2.38. The molecule has 1 unspecified atom stereocenters. The van der Waals surface area contributed by atoms with E-state index >= 15 is 0 Å². The van der Waals surface area contributed by atoms with Crippen LogP contribution in [-0.4, -0.2) is 36.6 Å². The van der Waals surface area contributed by atoms with Gasteiger partial charge in [-0.3, -0.25) is 4.79 Å². The highest BCUT2D eigenvalue weighted by Crippen LogP contribution is 2.31. The van der Waals surface area contributed by atoms with Gasteiger partial charge in [0, 0.05) is 20.2 Å². The van der Waals surface area contributed by atoms with E-state index in [4.69, 9.17) is 10.00 Å². The van der Waals surface area contributed by atoms with E-state index in [9.17, 15) is 4.79 Å². The van der Waals surface area contributed by atoms with Gasteiger partial charge in [-0.25, -0.2) is 0 Å². The lowest BCUT2D eigenvalue weighted by Gasteiger charge is -2.39. The van der Waals surface area contributed by atoms with Crippen LogP contribution in [-0.2, 0) is 9.53 Å². The van der Waals surface area contributed by atoms with Crippen LogP contribution in [0, 0.1) is 16.7 Å². The van der Waals surface area contributed by atoms with Gasteiger partial charge in [-0.15, -0.1) is 0 Å². The maximum Gasteiger partial charge on any atom is 0.254 e. The Hall–Kier alpha value is -1.08. The number of likely N-dealkylation sites (tertiary alicyclic amines) is 1. The summed E-state index contributed by atoms with van der Waals surface area (Å²) >= 11 is 0.